The SMILES string of the molecule is COc1ccc2c(c1)[C@H]1C=C[C@@]2(C(=O)O)C1. The Morgan fingerprint density at radius 2 is 2.38 bits per heavy atom. The third-order valence-corrected chi connectivity index (χ3v) is 3.68. The van der Waals surface area contributed by atoms with E-state index >= 15 is 0 Å². The molecule has 1 aromatic carbocycles. The lowest BCUT2D eigenvalue weighted by Gasteiger charge is -2.20. The molecule has 2 bridgehead atoms. The maximum atomic E-state index is 11.4. The molecule has 0 aromatic heterocycles. The van der Waals surface area contributed by atoms with Gasteiger partial charge in [0.25, 0.3) is 0 Å². The zero-order valence-corrected chi connectivity index (χ0v) is 8.93. The number of carbonyl (C=O) groups is 1. The van der Waals surface area contributed by atoms with Crippen LogP contribution in [0.25, 0.3) is 0 Å². The van der Waals surface area contributed by atoms with Crippen molar-refractivity contribution < 1.29 is 14.6 Å². The van der Waals surface area contributed by atoms with Crippen molar-refractivity contribution in [3.8, 4) is 5.75 Å². The fraction of sp³-hybridized carbons (Fsp3) is 0.308. The standard InChI is InChI=1S/C13H12O3/c1-16-9-2-3-11-10(6-9)8-4-5-13(11,7-8)12(14)15/h2-6,8H,7H2,1H3,(H,14,15)/t8-,13+/m0/s1. The quantitative estimate of drug-likeness (QED) is 0.770. The molecule has 3 heteroatoms. The summed E-state index contributed by atoms with van der Waals surface area (Å²) in [5.74, 6) is 0.275. The lowest BCUT2D eigenvalue weighted by molar-refractivity contribution is -0.141. The van der Waals surface area contributed by atoms with Crippen LogP contribution in [0.15, 0.2) is 30.4 Å². The summed E-state index contributed by atoms with van der Waals surface area (Å²) in [6, 6.07) is 5.66. The van der Waals surface area contributed by atoms with Crippen LogP contribution in [-0.4, -0.2) is 18.2 Å². The fourth-order valence-corrected chi connectivity index (χ4v) is 2.83. The van der Waals surface area contributed by atoms with E-state index in [1.165, 1.54) is 0 Å². The zero-order valence-electron chi connectivity index (χ0n) is 8.93. The zero-order chi connectivity index (χ0) is 11.3. The van der Waals surface area contributed by atoms with Crippen LogP contribution < -0.4 is 4.74 Å². The predicted octanol–water partition coefficient (Wildman–Crippen LogP) is 2.07. The largest absolute Gasteiger partial charge is 0.497 e. The fourth-order valence-electron chi connectivity index (χ4n) is 2.83. The van der Waals surface area contributed by atoms with Crippen molar-refractivity contribution >= 4 is 5.97 Å². The molecule has 0 radical (unpaired) electrons. The molecule has 1 N–H and O–H groups in total. The van der Waals surface area contributed by atoms with Gasteiger partial charge in [-0.1, -0.05) is 18.2 Å². The third-order valence-electron chi connectivity index (χ3n) is 3.68. The molecule has 0 saturated heterocycles. The molecule has 0 unspecified atom stereocenters. The lowest BCUT2D eigenvalue weighted by Crippen LogP contribution is -2.29. The van der Waals surface area contributed by atoms with E-state index in [1.807, 2.05) is 30.4 Å². The van der Waals surface area contributed by atoms with E-state index in [9.17, 15) is 9.90 Å². The summed E-state index contributed by atoms with van der Waals surface area (Å²) in [5, 5.41) is 9.38. The van der Waals surface area contributed by atoms with Gasteiger partial charge in [-0.3, -0.25) is 4.79 Å². The van der Waals surface area contributed by atoms with Gasteiger partial charge in [0.2, 0.25) is 0 Å². The van der Waals surface area contributed by atoms with Gasteiger partial charge in [0, 0.05) is 5.92 Å². The van der Waals surface area contributed by atoms with Crippen LogP contribution in [-0.2, 0) is 10.2 Å². The molecule has 0 aliphatic heterocycles. The number of carboxylic acid groups (broad SMARTS) is 1. The molecule has 0 amide bonds. The van der Waals surface area contributed by atoms with Crippen molar-refractivity contribution in [1.29, 1.82) is 0 Å². The summed E-state index contributed by atoms with van der Waals surface area (Å²) < 4.78 is 5.17. The van der Waals surface area contributed by atoms with Gasteiger partial charge in [-0.25, -0.2) is 0 Å². The normalized spacial score (nSPS) is 29.2. The summed E-state index contributed by atoms with van der Waals surface area (Å²) in [5.41, 5.74) is 1.24. The summed E-state index contributed by atoms with van der Waals surface area (Å²) in [7, 11) is 1.62. The smallest absolute Gasteiger partial charge is 0.318 e. The van der Waals surface area contributed by atoms with Gasteiger partial charge in [-0.15, -0.1) is 0 Å². The van der Waals surface area contributed by atoms with Crippen LogP contribution >= 0.6 is 0 Å². The van der Waals surface area contributed by atoms with E-state index in [2.05, 4.69) is 0 Å². The second-order valence-electron chi connectivity index (χ2n) is 4.40. The average molecular weight is 216 g/mol. The Morgan fingerprint density at radius 3 is 3.06 bits per heavy atom. The van der Waals surface area contributed by atoms with E-state index in [0.717, 1.165) is 16.9 Å². The Morgan fingerprint density at radius 1 is 1.56 bits per heavy atom. The number of rotatable bonds is 2. The van der Waals surface area contributed by atoms with Crippen molar-refractivity contribution in [3.05, 3.63) is 41.5 Å². The van der Waals surface area contributed by atoms with E-state index in [1.54, 1.807) is 7.11 Å². The lowest BCUT2D eigenvalue weighted by atomic mass is 9.83. The number of allylic oxidation sites excluding steroid dienone is 1. The van der Waals surface area contributed by atoms with Gasteiger partial charge in [0.15, 0.2) is 0 Å². The minimum Gasteiger partial charge on any atom is -0.497 e. The summed E-state index contributed by atoms with van der Waals surface area (Å²) in [4.78, 5) is 11.4. The van der Waals surface area contributed by atoms with Crippen LogP contribution in [0.5, 0.6) is 5.75 Å². The van der Waals surface area contributed by atoms with Crippen molar-refractivity contribution in [3.63, 3.8) is 0 Å². The van der Waals surface area contributed by atoms with E-state index in [-0.39, 0.29) is 5.92 Å². The van der Waals surface area contributed by atoms with Crippen molar-refractivity contribution in [1.82, 2.24) is 0 Å². The number of carboxylic acids is 1. The first-order chi connectivity index (χ1) is 7.67. The number of ether oxygens (including phenoxy) is 1. The molecule has 3 rings (SSSR count). The molecule has 2 atom stereocenters. The molecule has 16 heavy (non-hydrogen) atoms. The number of hydrogen-bond acceptors (Lipinski definition) is 2. The van der Waals surface area contributed by atoms with Crippen LogP contribution in [0, 0.1) is 0 Å². The molecular weight excluding hydrogens is 204 g/mol. The Balaban J connectivity index is 2.19. The number of hydrogen-bond donors (Lipinski definition) is 1. The maximum absolute atomic E-state index is 11.4. The molecule has 1 aromatic rings. The molecule has 2 aliphatic rings. The number of fused-ring (bicyclic) bond motifs is 5. The molecule has 3 nitrogen and oxygen atoms in total. The Bertz CT molecular complexity index is 504. The first kappa shape index (κ1) is 9.46. The summed E-state index contributed by atoms with van der Waals surface area (Å²) in [6.07, 6.45) is 4.48. The predicted molar refractivity (Wildman–Crippen MR) is 58.8 cm³/mol. The summed E-state index contributed by atoms with van der Waals surface area (Å²) >= 11 is 0. The van der Waals surface area contributed by atoms with Crippen LogP contribution in [0.4, 0.5) is 0 Å². The van der Waals surface area contributed by atoms with E-state index in [0.29, 0.717) is 6.42 Å². The Hall–Kier alpha value is -1.77. The van der Waals surface area contributed by atoms with Gasteiger partial charge >= 0.3 is 5.97 Å². The monoisotopic (exact) mass is 216 g/mol. The highest BCUT2D eigenvalue weighted by atomic mass is 16.5. The van der Waals surface area contributed by atoms with Gasteiger partial charge in [0.1, 0.15) is 11.2 Å². The maximum Gasteiger partial charge on any atom is 0.318 e. The van der Waals surface area contributed by atoms with Gasteiger partial charge in [0.05, 0.1) is 7.11 Å². The van der Waals surface area contributed by atoms with Crippen LogP contribution in [0.1, 0.15) is 23.5 Å². The molecular formula is C13H12O3. The average Bonchev–Trinajstić information content (AvgIpc) is 2.86. The Labute approximate surface area is 93.4 Å². The first-order valence-electron chi connectivity index (χ1n) is 5.28. The van der Waals surface area contributed by atoms with Crippen molar-refractivity contribution in [2.75, 3.05) is 7.11 Å². The van der Waals surface area contributed by atoms with Crippen LogP contribution in [0.2, 0.25) is 0 Å². The first-order valence-corrected chi connectivity index (χ1v) is 5.28. The number of benzene rings is 1. The molecule has 82 valence electrons. The van der Waals surface area contributed by atoms with E-state index in [4.69, 9.17) is 4.74 Å². The second kappa shape index (κ2) is 2.88. The van der Waals surface area contributed by atoms with Gasteiger partial charge < -0.3 is 9.84 Å². The highest BCUT2D eigenvalue weighted by molar-refractivity contribution is 5.88. The van der Waals surface area contributed by atoms with Crippen molar-refractivity contribution in [2.45, 2.75) is 17.8 Å². The minimum absolute atomic E-state index is 0.237. The molecule has 0 fully saturated rings. The van der Waals surface area contributed by atoms with E-state index < -0.39 is 11.4 Å². The molecule has 2 aliphatic carbocycles. The van der Waals surface area contributed by atoms with Gasteiger partial charge in [-0.05, 0) is 29.7 Å². The minimum atomic E-state index is -0.785. The van der Waals surface area contributed by atoms with Crippen LogP contribution in [0.3, 0.4) is 0 Å². The van der Waals surface area contributed by atoms with Gasteiger partial charge in [-0.2, -0.15) is 0 Å². The highest BCUT2D eigenvalue weighted by Gasteiger charge is 2.50. The third kappa shape index (κ3) is 0.953. The molecule has 0 heterocycles. The second-order valence-corrected chi connectivity index (χ2v) is 4.40. The Kier molecular flexibility index (Phi) is 1.70. The molecule has 0 saturated carbocycles. The number of aliphatic carboxylic acids is 1. The highest BCUT2D eigenvalue weighted by Crippen LogP contribution is 2.53. The number of methoxy groups -OCH3 is 1. The molecule has 0 spiro atoms. The topological polar surface area (TPSA) is 46.5 Å². The van der Waals surface area contributed by atoms with Crippen molar-refractivity contribution in [2.24, 2.45) is 0 Å². The summed E-state index contributed by atoms with van der Waals surface area (Å²) in [6.45, 7) is 0.